The average Bonchev–Trinajstić information content (AvgIpc) is 2.87. The summed E-state index contributed by atoms with van der Waals surface area (Å²) in [6, 6.07) is 7.43. The van der Waals surface area contributed by atoms with Gasteiger partial charge in [-0.3, -0.25) is 9.59 Å². The maximum Gasteiger partial charge on any atom is 0.245 e. The third kappa shape index (κ3) is 3.53. The van der Waals surface area contributed by atoms with Gasteiger partial charge >= 0.3 is 0 Å². The first-order valence-corrected chi connectivity index (χ1v) is 8.71. The zero-order valence-corrected chi connectivity index (χ0v) is 14.3. The molecule has 1 atom stereocenters. The average molecular weight is 339 g/mol. The molecular formula is C15H21N3O4S. The predicted octanol–water partition coefficient (Wildman–Crippen LogP) is -0.00380. The molecule has 1 aliphatic heterocycles. The van der Waals surface area contributed by atoms with Crippen LogP contribution in [0.4, 0.5) is 0 Å². The zero-order chi connectivity index (χ0) is 17.2. The minimum atomic E-state index is -3.72. The van der Waals surface area contributed by atoms with Gasteiger partial charge in [-0.2, -0.15) is 4.31 Å². The monoisotopic (exact) mass is 339 g/mol. The van der Waals surface area contributed by atoms with Crippen LogP contribution in [-0.2, 0) is 19.6 Å². The van der Waals surface area contributed by atoms with Gasteiger partial charge in [0.05, 0.1) is 11.4 Å². The lowest BCUT2D eigenvalue weighted by Crippen LogP contribution is -2.46. The summed E-state index contributed by atoms with van der Waals surface area (Å²) in [6.07, 6.45) is 0.562. The van der Waals surface area contributed by atoms with Crippen LogP contribution in [0.15, 0.2) is 35.2 Å². The third-order valence-corrected chi connectivity index (χ3v) is 5.89. The summed E-state index contributed by atoms with van der Waals surface area (Å²) in [7, 11) is 0.855. The molecule has 1 fully saturated rings. The maximum absolute atomic E-state index is 12.4. The van der Waals surface area contributed by atoms with E-state index in [1.807, 2.05) is 0 Å². The number of sulfonamides is 1. The number of likely N-dealkylation sites (tertiary alicyclic amines) is 1. The summed E-state index contributed by atoms with van der Waals surface area (Å²) in [5, 5.41) is 0. The van der Waals surface area contributed by atoms with Crippen molar-refractivity contribution in [3.05, 3.63) is 30.3 Å². The third-order valence-electron chi connectivity index (χ3n) is 4.07. The number of carbonyl (C=O) groups is 2. The summed E-state index contributed by atoms with van der Waals surface area (Å²) < 4.78 is 25.8. The highest BCUT2D eigenvalue weighted by Gasteiger charge is 2.35. The first-order valence-electron chi connectivity index (χ1n) is 7.27. The van der Waals surface area contributed by atoms with Crippen molar-refractivity contribution in [2.75, 3.05) is 34.2 Å². The molecule has 0 radical (unpaired) electrons. The van der Waals surface area contributed by atoms with E-state index in [4.69, 9.17) is 0 Å². The molecule has 2 amide bonds. The second kappa shape index (κ2) is 6.67. The first-order chi connectivity index (χ1) is 10.7. The Bertz CT molecular complexity index is 690. The molecule has 1 heterocycles. The first kappa shape index (κ1) is 17.4. The van der Waals surface area contributed by atoms with E-state index in [-0.39, 0.29) is 17.3 Å². The van der Waals surface area contributed by atoms with Gasteiger partial charge in [0, 0.05) is 27.7 Å². The van der Waals surface area contributed by atoms with Crippen molar-refractivity contribution >= 4 is 21.8 Å². The van der Waals surface area contributed by atoms with E-state index in [9.17, 15) is 18.0 Å². The smallest absolute Gasteiger partial charge is 0.245 e. The molecule has 2 rings (SSSR count). The number of nitrogens with zero attached hydrogens (tertiary/aromatic N) is 3. The molecule has 126 valence electrons. The highest BCUT2D eigenvalue weighted by atomic mass is 32.2. The number of hydrogen-bond acceptors (Lipinski definition) is 4. The van der Waals surface area contributed by atoms with Crippen LogP contribution in [0.2, 0.25) is 0 Å². The summed E-state index contributed by atoms with van der Waals surface area (Å²) in [5.41, 5.74) is 0. The van der Waals surface area contributed by atoms with E-state index in [1.165, 1.54) is 31.1 Å². The fourth-order valence-corrected chi connectivity index (χ4v) is 3.64. The molecule has 0 saturated carbocycles. The highest BCUT2D eigenvalue weighted by molar-refractivity contribution is 7.89. The van der Waals surface area contributed by atoms with Gasteiger partial charge in [0.1, 0.15) is 6.04 Å². The van der Waals surface area contributed by atoms with Gasteiger partial charge in [-0.15, -0.1) is 0 Å². The molecule has 0 aliphatic carbocycles. The van der Waals surface area contributed by atoms with E-state index in [2.05, 4.69) is 0 Å². The summed E-state index contributed by atoms with van der Waals surface area (Å²) in [6.45, 7) is 0.292. The van der Waals surface area contributed by atoms with Gasteiger partial charge in [-0.25, -0.2) is 8.42 Å². The topological polar surface area (TPSA) is 78.0 Å². The molecular weight excluding hydrogens is 318 g/mol. The summed E-state index contributed by atoms with van der Waals surface area (Å²) in [4.78, 5) is 27.3. The Hall–Kier alpha value is -1.93. The van der Waals surface area contributed by atoms with Gasteiger partial charge < -0.3 is 9.80 Å². The molecule has 0 spiro atoms. The lowest BCUT2D eigenvalue weighted by atomic mass is 10.2. The molecule has 1 aliphatic rings. The van der Waals surface area contributed by atoms with Crippen molar-refractivity contribution in [1.29, 1.82) is 0 Å². The van der Waals surface area contributed by atoms with Gasteiger partial charge in [0.15, 0.2) is 0 Å². The van der Waals surface area contributed by atoms with Crippen molar-refractivity contribution in [1.82, 2.24) is 14.1 Å². The maximum atomic E-state index is 12.4. The van der Waals surface area contributed by atoms with Gasteiger partial charge in [0.25, 0.3) is 0 Å². The minimum Gasteiger partial charge on any atom is -0.344 e. The van der Waals surface area contributed by atoms with Crippen molar-refractivity contribution in [3.8, 4) is 0 Å². The van der Waals surface area contributed by atoms with Gasteiger partial charge in [0.2, 0.25) is 21.8 Å². The molecule has 0 N–H and O–H groups in total. The standard InChI is InChI=1S/C15H21N3O4S/c1-16-10-9-13(15(16)20)18(3)14(19)11-17(2)23(21,22)12-7-5-4-6-8-12/h4-8,13H,9-11H2,1-3H3/t13-/m0/s1. The summed E-state index contributed by atoms with van der Waals surface area (Å²) in [5.74, 6) is -0.518. The molecule has 0 unspecified atom stereocenters. The SMILES string of the molecule is CN1CC[C@H](N(C)C(=O)CN(C)S(=O)(=O)c2ccccc2)C1=O. The molecule has 0 aromatic heterocycles. The fraction of sp³-hybridized carbons (Fsp3) is 0.467. The lowest BCUT2D eigenvalue weighted by molar-refractivity contribution is -0.140. The molecule has 23 heavy (non-hydrogen) atoms. The Kier molecular flexibility index (Phi) is 5.06. The minimum absolute atomic E-state index is 0.116. The molecule has 8 heteroatoms. The number of carbonyl (C=O) groups excluding carboxylic acids is 2. The largest absolute Gasteiger partial charge is 0.344 e. The lowest BCUT2D eigenvalue weighted by Gasteiger charge is -2.25. The van der Waals surface area contributed by atoms with Crippen molar-refractivity contribution < 1.29 is 18.0 Å². The van der Waals surface area contributed by atoms with E-state index in [0.717, 1.165) is 4.31 Å². The number of rotatable bonds is 5. The molecule has 0 bridgehead atoms. The van der Waals surface area contributed by atoms with Crippen LogP contribution in [0, 0.1) is 0 Å². The van der Waals surface area contributed by atoms with Gasteiger partial charge in [-0.05, 0) is 18.6 Å². The predicted molar refractivity (Wildman–Crippen MR) is 85.1 cm³/mol. The number of amides is 2. The van der Waals surface area contributed by atoms with Crippen LogP contribution in [-0.4, -0.2) is 74.6 Å². The van der Waals surface area contributed by atoms with E-state index in [0.29, 0.717) is 13.0 Å². The van der Waals surface area contributed by atoms with Crippen LogP contribution in [0.1, 0.15) is 6.42 Å². The van der Waals surface area contributed by atoms with Crippen LogP contribution in [0.25, 0.3) is 0 Å². The Labute approximate surface area is 136 Å². The Morgan fingerprint density at radius 1 is 1.26 bits per heavy atom. The molecule has 1 aromatic carbocycles. The van der Waals surface area contributed by atoms with Crippen molar-refractivity contribution in [2.24, 2.45) is 0 Å². The fourth-order valence-electron chi connectivity index (χ4n) is 2.50. The van der Waals surface area contributed by atoms with Crippen molar-refractivity contribution in [3.63, 3.8) is 0 Å². The Morgan fingerprint density at radius 3 is 2.39 bits per heavy atom. The molecule has 1 saturated heterocycles. The van der Waals surface area contributed by atoms with Crippen LogP contribution in [0.3, 0.4) is 0 Å². The zero-order valence-electron chi connectivity index (χ0n) is 13.5. The number of hydrogen-bond donors (Lipinski definition) is 0. The number of likely N-dealkylation sites (N-methyl/N-ethyl adjacent to an activating group) is 3. The van der Waals surface area contributed by atoms with Gasteiger partial charge in [-0.1, -0.05) is 18.2 Å². The highest BCUT2D eigenvalue weighted by Crippen LogP contribution is 2.17. The Balaban J connectivity index is 2.06. The van der Waals surface area contributed by atoms with Crippen LogP contribution >= 0.6 is 0 Å². The van der Waals surface area contributed by atoms with E-state index in [1.54, 1.807) is 30.1 Å². The Morgan fingerprint density at radius 2 is 1.87 bits per heavy atom. The van der Waals surface area contributed by atoms with E-state index < -0.39 is 22.0 Å². The normalized spacial score (nSPS) is 18.5. The second-order valence-electron chi connectivity index (χ2n) is 5.64. The van der Waals surface area contributed by atoms with Crippen LogP contribution in [0.5, 0.6) is 0 Å². The van der Waals surface area contributed by atoms with Crippen molar-refractivity contribution in [2.45, 2.75) is 17.4 Å². The number of benzene rings is 1. The summed E-state index contributed by atoms with van der Waals surface area (Å²) >= 11 is 0. The molecule has 1 aromatic rings. The van der Waals surface area contributed by atoms with Crippen LogP contribution < -0.4 is 0 Å². The quantitative estimate of drug-likeness (QED) is 0.756. The van der Waals surface area contributed by atoms with E-state index >= 15 is 0 Å². The second-order valence-corrected chi connectivity index (χ2v) is 7.69. The molecule has 7 nitrogen and oxygen atoms in total.